The molecule has 0 aliphatic rings. The van der Waals surface area contributed by atoms with Crippen LogP contribution in [0.1, 0.15) is 0 Å². The van der Waals surface area contributed by atoms with E-state index in [0.29, 0.717) is 0 Å². The molecule has 0 heterocycles. The Bertz CT molecular complexity index is 238. The van der Waals surface area contributed by atoms with Crippen molar-refractivity contribution in [3.63, 3.8) is 0 Å². The van der Waals surface area contributed by atoms with Crippen LogP contribution in [0.4, 0.5) is 5.69 Å². The Morgan fingerprint density at radius 3 is 1.75 bits per heavy atom. The van der Waals surface area contributed by atoms with Gasteiger partial charge in [-0.2, -0.15) is 0 Å². The highest BCUT2D eigenvalue weighted by Gasteiger charge is 2.10. The van der Waals surface area contributed by atoms with Crippen LogP contribution in [0.5, 0.6) is 0 Å². The lowest BCUT2D eigenvalue weighted by molar-refractivity contribution is 0.486. The molecule has 0 unspecified atom stereocenters. The standard InChI is InChI=1S/C9H13ClN.H2O/c1-11(2,3)9-6-4-8(10)5-7-9;/h4-7H,1-3H3;1H2/q+1;/p-1. The Morgan fingerprint density at radius 1 is 1.00 bits per heavy atom. The number of quaternary nitrogens is 1. The van der Waals surface area contributed by atoms with Crippen molar-refractivity contribution < 1.29 is 5.48 Å². The van der Waals surface area contributed by atoms with E-state index >= 15 is 0 Å². The highest BCUT2D eigenvalue weighted by molar-refractivity contribution is 6.30. The Balaban J connectivity index is 0.00000121. The molecule has 0 amide bonds. The van der Waals surface area contributed by atoms with Gasteiger partial charge in [0.2, 0.25) is 0 Å². The first kappa shape index (κ1) is 11.4. The van der Waals surface area contributed by atoms with E-state index < -0.39 is 0 Å². The van der Waals surface area contributed by atoms with Crippen LogP contribution in [0, 0.1) is 0 Å². The molecule has 0 atom stereocenters. The van der Waals surface area contributed by atoms with E-state index in [0.717, 1.165) is 9.51 Å². The second-order valence-electron chi connectivity index (χ2n) is 3.49. The summed E-state index contributed by atoms with van der Waals surface area (Å²) in [5.74, 6) is 0. The lowest BCUT2D eigenvalue weighted by atomic mass is 10.3. The largest absolute Gasteiger partial charge is 0.870 e. The van der Waals surface area contributed by atoms with Gasteiger partial charge in [-0.05, 0) is 12.1 Å². The van der Waals surface area contributed by atoms with E-state index in [1.807, 2.05) is 24.3 Å². The minimum absolute atomic E-state index is 0. The van der Waals surface area contributed by atoms with Crippen molar-refractivity contribution in [1.29, 1.82) is 0 Å². The molecule has 0 bridgehead atoms. The summed E-state index contributed by atoms with van der Waals surface area (Å²) in [6.07, 6.45) is 0. The molecule has 1 rings (SSSR count). The molecular weight excluding hydrogens is 174 g/mol. The van der Waals surface area contributed by atoms with Crippen molar-refractivity contribution in [1.82, 2.24) is 4.48 Å². The maximum Gasteiger partial charge on any atom is 0.132 e. The number of nitrogens with zero attached hydrogens (tertiary/aromatic N) is 1. The van der Waals surface area contributed by atoms with Gasteiger partial charge in [-0.15, -0.1) is 0 Å². The number of halogens is 1. The second kappa shape index (κ2) is 3.90. The summed E-state index contributed by atoms with van der Waals surface area (Å²) in [5, 5.41) is 0.794. The van der Waals surface area contributed by atoms with Gasteiger partial charge >= 0.3 is 0 Å². The molecule has 2 nitrogen and oxygen atoms in total. The minimum Gasteiger partial charge on any atom is -0.870 e. The van der Waals surface area contributed by atoms with Gasteiger partial charge in [0.05, 0.1) is 21.1 Å². The summed E-state index contributed by atoms with van der Waals surface area (Å²) in [6.45, 7) is 0. The average molecular weight is 188 g/mol. The van der Waals surface area contributed by atoms with Gasteiger partial charge in [0.15, 0.2) is 0 Å². The number of rotatable bonds is 1. The molecule has 0 radical (unpaired) electrons. The number of benzene rings is 1. The van der Waals surface area contributed by atoms with Crippen LogP contribution in [-0.4, -0.2) is 26.6 Å². The van der Waals surface area contributed by atoms with E-state index in [1.54, 1.807) is 0 Å². The van der Waals surface area contributed by atoms with Gasteiger partial charge in [0.1, 0.15) is 5.69 Å². The zero-order valence-corrected chi connectivity index (χ0v) is 8.34. The predicted molar refractivity (Wildman–Crippen MR) is 53.0 cm³/mol. The van der Waals surface area contributed by atoms with E-state index in [2.05, 4.69) is 21.1 Å². The molecule has 0 saturated heterocycles. The maximum absolute atomic E-state index is 5.75. The second-order valence-corrected chi connectivity index (χ2v) is 3.93. The monoisotopic (exact) mass is 187 g/mol. The Labute approximate surface area is 78.3 Å². The Hall–Kier alpha value is -0.570. The summed E-state index contributed by atoms with van der Waals surface area (Å²) in [4.78, 5) is 0. The first-order valence-electron chi connectivity index (χ1n) is 3.58. The van der Waals surface area contributed by atoms with Crippen LogP contribution >= 0.6 is 11.6 Å². The molecule has 0 aromatic heterocycles. The SMILES string of the molecule is C[N+](C)(C)c1ccc(Cl)cc1.[OH-]. The number of hydrogen-bond acceptors (Lipinski definition) is 1. The summed E-state index contributed by atoms with van der Waals surface area (Å²) in [6, 6.07) is 7.92. The van der Waals surface area contributed by atoms with Gasteiger partial charge in [-0.25, -0.2) is 0 Å². The van der Waals surface area contributed by atoms with Gasteiger partial charge in [-0.3, -0.25) is 4.48 Å². The van der Waals surface area contributed by atoms with E-state index in [9.17, 15) is 0 Å². The Kier molecular flexibility index (Phi) is 3.71. The van der Waals surface area contributed by atoms with Crippen LogP contribution in [0.15, 0.2) is 24.3 Å². The van der Waals surface area contributed by atoms with Crippen LogP contribution in [0.3, 0.4) is 0 Å². The lowest BCUT2D eigenvalue weighted by Crippen LogP contribution is -2.34. The normalized spacial score (nSPS) is 10.7. The molecule has 3 heteroatoms. The molecule has 12 heavy (non-hydrogen) atoms. The summed E-state index contributed by atoms with van der Waals surface area (Å²) in [5.41, 5.74) is 1.26. The van der Waals surface area contributed by atoms with E-state index in [-0.39, 0.29) is 5.48 Å². The van der Waals surface area contributed by atoms with Gasteiger partial charge in [-0.1, -0.05) is 11.6 Å². The minimum atomic E-state index is 0. The maximum atomic E-state index is 5.75. The third kappa shape index (κ3) is 2.81. The molecule has 1 N–H and O–H groups in total. The third-order valence-corrected chi connectivity index (χ3v) is 1.85. The predicted octanol–water partition coefficient (Wildman–Crippen LogP) is 2.36. The zero-order valence-electron chi connectivity index (χ0n) is 7.58. The molecule has 0 spiro atoms. The summed E-state index contributed by atoms with van der Waals surface area (Å²) >= 11 is 5.75. The average Bonchev–Trinajstić information content (AvgIpc) is 1.86. The molecule has 0 aliphatic carbocycles. The van der Waals surface area contributed by atoms with Crippen molar-refractivity contribution in [2.75, 3.05) is 21.1 Å². The van der Waals surface area contributed by atoms with E-state index in [4.69, 9.17) is 11.6 Å². The molecule has 68 valence electrons. The molecule has 1 aromatic carbocycles. The van der Waals surface area contributed by atoms with Crippen molar-refractivity contribution >= 4 is 17.3 Å². The fourth-order valence-electron chi connectivity index (χ4n) is 0.888. The fraction of sp³-hybridized carbons (Fsp3) is 0.333. The number of hydrogen-bond donors (Lipinski definition) is 0. The highest BCUT2D eigenvalue weighted by atomic mass is 35.5. The fourth-order valence-corrected chi connectivity index (χ4v) is 1.01. The molecule has 1 aromatic rings. The summed E-state index contributed by atoms with van der Waals surface area (Å²) < 4.78 is 0.831. The molecule has 0 aliphatic heterocycles. The van der Waals surface area contributed by atoms with Crippen LogP contribution in [0.2, 0.25) is 5.02 Å². The van der Waals surface area contributed by atoms with Crippen molar-refractivity contribution in [2.24, 2.45) is 0 Å². The zero-order chi connectivity index (χ0) is 8.48. The first-order chi connectivity index (χ1) is 5.00. The van der Waals surface area contributed by atoms with Gasteiger partial charge in [0, 0.05) is 17.2 Å². The highest BCUT2D eigenvalue weighted by Crippen LogP contribution is 2.19. The van der Waals surface area contributed by atoms with Gasteiger partial charge < -0.3 is 5.48 Å². The third-order valence-electron chi connectivity index (χ3n) is 1.60. The lowest BCUT2D eigenvalue weighted by Gasteiger charge is -2.23. The van der Waals surface area contributed by atoms with Crippen molar-refractivity contribution in [3.05, 3.63) is 29.3 Å². The van der Waals surface area contributed by atoms with Gasteiger partial charge in [0.25, 0.3) is 0 Å². The van der Waals surface area contributed by atoms with Crippen LogP contribution in [-0.2, 0) is 0 Å². The smallest absolute Gasteiger partial charge is 0.132 e. The molecule has 0 fully saturated rings. The molecule has 0 saturated carbocycles. The van der Waals surface area contributed by atoms with Crippen LogP contribution < -0.4 is 4.48 Å². The van der Waals surface area contributed by atoms with Crippen molar-refractivity contribution in [3.8, 4) is 0 Å². The quantitative estimate of drug-likeness (QED) is 0.621. The summed E-state index contributed by atoms with van der Waals surface area (Å²) in [7, 11) is 6.38. The van der Waals surface area contributed by atoms with Crippen molar-refractivity contribution in [2.45, 2.75) is 0 Å². The van der Waals surface area contributed by atoms with E-state index in [1.165, 1.54) is 5.69 Å². The topological polar surface area (TPSA) is 30.0 Å². The first-order valence-corrected chi connectivity index (χ1v) is 3.95. The molecular formula is C9H14ClNO. The Morgan fingerprint density at radius 2 is 1.42 bits per heavy atom. The van der Waals surface area contributed by atoms with Crippen LogP contribution in [0.25, 0.3) is 0 Å².